The summed E-state index contributed by atoms with van der Waals surface area (Å²) in [6.07, 6.45) is 1.69. The molecule has 0 spiro atoms. The average molecular weight is 607 g/mol. The number of sulfonamides is 1. The number of halogens is 2. The quantitative estimate of drug-likeness (QED) is 0.258. The van der Waals surface area contributed by atoms with Crippen molar-refractivity contribution in [3.05, 3.63) is 88.4 Å². The van der Waals surface area contributed by atoms with Crippen molar-refractivity contribution in [2.24, 2.45) is 0 Å². The molecule has 0 aliphatic rings. The summed E-state index contributed by atoms with van der Waals surface area (Å²) < 4.78 is 33.8. The van der Waals surface area contributed by atoms with Crippen LogP contribution in [0.5, 0.6) is 5.75 Å². The summed E-state index contributed by atoms with van der Waals surface area (Å²) in [5.41, 5.74) is 0.788. The van der Waals surface area contributed by atoms with E-state index in [-0.39, 0.29) is 33.1 Å². The highest BCUT2D eigenvalue weighted by Crippen LogP contribution is 2.35. The molecule has 0 saturated carbocycles. The van der Waals surface area contributed by atoms with Gasteiger partial charge in [0.15, 0.2) is 0 Å². The molecule has 3 aromatic rings. The van der Waals surface area contributed by atoms with Crippen LogP contribution < -0.4 is 14.4 Å². The Morgan fingerprint density at radius 1 is 0.975 bits per heavy atom. The zero-order valence-electron chi connectivity index (χ0n) is 22.6. The Hall–Kier alpha value is -3.27. The van der Waals surface area contributed by atoms with Gasteiger partial charge in [0.2, 0.25) is 11.8 Å². The van der Waals surface area contributed by atoms with E-state index >= 15 is 0 Å². The lowest BCUT2D eigenvalue weighted by molar-refractivity contribution is -0.139. The van der Waals surface area contributed by atoms with Gasteiger partial charge in [-0.3, -0.25) is 13.9 Å². The second kappa shape index (κ2) is 14.4. The van der Waals surface area contributed by atoms with Crippen LogP contribution in [0.3, 0.4) is 0 Å². The van der Waals surface area contributed by atoms with Crippen molar-refractivity contribution < 1.29 is 22.7 Å². The molecule has 2 amide bonds. The van der Waals surface area contributed by atoms with Crippen LogP contribution in [0.2, 0.25) is 10.0 Å². The molecule has 0 aromatic heterocycles. The van der Waals surface area contributed by atoms with Crippen LogP contribution in [-0.4, -0.2) is 51.4 Å². The molecule has 1 N–H and O–H groups in total. The third-order valence-corrected chi connectivity index (χ3v) is 8.90. The number of nitrogens with one attached hydrogen (secondary N) is 1. The lowest BCUT2D eigenvalue weighted by atomic mass is 10.1. The van der Waals surface area contributed by atoms with E-state index in [1.807, 2.05) is 6.92 Å². The first kappa shape index (κ1) is 31.3. The molecule has 1 atom stereocenters. The predicted octanol–water partition coefficient (Wildman–Crippen LogP) is 5.53. The van der Waals surface area contributed by atoms with Crippen molar-refractivity contribution in [1.29, 1.82) is 0 Å². The minimum atomic E-state index is -4.24. The van der Waals surface area contributed by atoms with Crippen LogP contribution in [0.15, 0.2) is 77.7 Å². The van der Waals surface area contributed by atoms with Crippen LogP contribution in [0.1, 0.15) is 32.3 Å². The zero-order chi connectivity index (χ0) is 29.3. The Bertz CT molecular complexity index is 1400. The number of hydrogen-bond donors (Lipinski definition) is 1. The van der Waals surface area contributed by atoms with Crippen LogP contribution in [0.25, 0.3) is 0 Å². The Kier molecular flexibility index (Phi) is 11.2. The molecule has 8 nitrogen and oxygen atoms in total. The fourth-order valence-corrected chi connectivity index (χ4v) is 5.86. The van der Waals surface area contributed by atoms with Crippen LogP contribution in [0.4, 0.5) is 5.69 Å². The summed E-state index contributed by atoms with van der Waals surface area (Å²) in [5, 5.41) is 2.98. The van der Waals surface area contributed by atoms with Crippen LogP contribution in [-0.2, 0) is 26.2 Å². The number of anilines is 1. The van der Waals surface area contributed by atoms with Gasteiger partial charge in [0.1, 0.15) is 18.3 Å². The molecule has 0 bridgehead atoms. The first-order chi connectivity index (χ1) is 19.1. The molecular weight excluding hydrogens is 573 g/mol. The van der Waals surface area contributed by atoms with E-state index in [1.54, 1.807) is 62.6 Å². The number of unbranched alkanes of at least 4 members (excludes halogenated alkanes) is 1. The lowest BCUT2D eigenvalue weighted by Gasteiger charge is -2.32. The van der Waals surface area contributed by atoms with Crippen molar-refractivity contribution in [2.45, 2.75) is 44.2 Å². The Balaban J connectivity index is 2.02. The summed E-state index contributed by atoms with van der Waals surface area (Å²) >= 11 is 12.7. The van der Waals surface area contributed by atoms with E-state index in [2.05, 4.69) is 5.32 Å². The summed E-state index contributed by atoms with van der Waals surface area (Å²) in [6.45, 7) is 3.55. The highest BCUT2D eigenvalue weighted by molar-refractivity contribution is 7.92. The molecule has 0 radical (unpaired) electrons. The second-order valence-corrected chi connectivity index (χ2v) is 11.7. The van der Waals surface area contributed by atoms with E-state index in [0.717, 1.165) is 22.7 Å². The maximum Gasteiger partial charge on any atom is 0.264 e. The molecule has 0 heterocycles. The first-order valence-corrected chi connectivity index (χ1v) is 15.0. The summed E-state index contributed by atoms with van der Waals surface area (Å²) in [6, 6.07) is 18.5. The van der Waals surface area contributed by atoms with Gasteiger partial charge in [-0.05, 0) is 55.3 Å². The maximum atomic E-state index is 13.9. The van der Waals surface area contributed by atoms with Gasteiger partial charge in [-0.15, -0.1) is 0 Å². The molecule has 11 heteroatoms. The average Bonchev–Trinajstić information content (AvgIpc) is 2.96. The molecule has 0 saturated heterocycles. The highest BCUT2D eigenvalue weighted by atomic mass is 35.5. The molecular formula is C29H33Cl2N3O5S. The number of carbonyl (C=O) groups excluding carboxylic acids is 2. The molecule has 0 aliphatic heterocycles. The van der Waals surface area contributed by atoms with Gasteiger partial charge in [0.05, 0.1) is 27.7 Å². The van der Waals surface area contributed by atoms with Gasteiger partial charge in [0.25, 0.3) is 10.0 Å². The topological polar surface area (TPSA) is 96.0 Å². The van der Waals surface area contributed by atoms with Crippen molar-refractivity contribution in [3.8, 4) is 5.75 Å². The third kappa shape index (κ3) is 7.68. The van der Waals surface area contributed by atoms with Crippen molar-refractivity contribution in [2.75, 3.05) is 24.5 Å². The molecule has 0 fully saturated rings. The number of hydrogen-bond acceptors (Lipinski definition) is 5. The molecule has 0 aliphatic carbocycles. The normalized spacial score (nSPS) is 11.9. The minimum absolute atomic E-state index is 0.0106. The second-order valence-electron chi connectivity index (χ2n) is 9.09. The van der Waals surface area contributed by atoms with Gasteiger partial charge in [-0.1, -0.05) is 72.9 Å². The predicted molar refractivity (Wildman–Crippen MR) is 158 cm³/mol. The number of carbonyl (C=O) groups is 2. The van der Waals surface area contributed by atoms with Crippen LogP contribution in [0, 0.1) is 0 Å². The largest absolute Gasteiger partial charge is 0.497 e. The van der Waals surface area contributed by atoms with Crippen molar-refractivity contribution in [1.82, 2.24) is 10.2 Å². The minimum Gasteiger partial charge on any atom is -0.497 e. The first-order valence-electron chi connectivity index (χ1n) is 12.8. The number of nitrogens with zero attached hydrogens (tertiary/aromatic N) is 2. The van der Waals surface area contributed by atoms with Gasteiger partial charge < -0.3 is 15.0 Å². The third-order valence-electron chi connectivity index (χ3n) is 6.32. The lowest BCUT2D eigenvalue weighted by Crippen LogP contribution is -2.51. The smallest absolute Gasteiger partial charge is 0.264 e. The Morgan fingerprint density at radius 3 is 2.27 bits per heavy atom. The standard InChI is InChI=1S/C29H33Cl2N3O5S/c1-4-5-18-32-29(36)21(2)33(19-22-14-16-23(39-3)17-15-22)27(35)20-34(26-13-9-12-25(30)28(26)31)40(37,38)24-10-7-6-8-11-24/h6-17,21H,4-5,18-20H2,1-3H3,(H,32,36)/t21-/m0/s1. The summed E-state index contributed by atoms with van der Waals surface area (Å²) in [7, 11) is -2.69. The molecule has 0 unspecified atom stereocenters. The van der Waals surface area contributed by atoms with Crippen molar-refractivity contribution in [3.63, 3.8) is 0 Å². The maximum absolute atomic E-state index is 13.9. The van der Waals surface area contributed by atoms with E-state index in [0.29, 0.717) is 12.3 Å². The van der Waals surface area contributed by atoms with Gasteiger partial charge in [0, 0.05) is 13.1 Å². The molecule has 214 valence electrons. The van der Waals surface area contributed by atoms with E-state index in [1.165, 1.54) is 29.2 Å². The van der Waals surface area contributed by atoms with E-state index in [9.17, 15) is 18.0 Å². The van der Waals surface area contributed by atoms with Crippen LogP contribution >= 0.6 is 23.2 Å². The molecule has 40 heavy (non-hydrogen) atoms. The van der Waals surface area contributed by atoms with Gasteiger partial charge in [-0.2, -0.15) is 0 Å². The Labute approximate surface area is 245 Å². The molecule has 3 rings (SSSR count). The fourth-order valence-electron chi connectivity index (χ4n) is 3.96. The number of ether oxygens (including phenoxy) is 1. The number of benzene rings is 3. The van der Waals surface area contributed by atoms with Crippen molar-refractivity contribution >= 4 is 50.7 Å². The number of amides is 2. The SMILES string of the molecule is CCCCNC(=O)[C@H](C)N(Cc1ccc(OC)cc1)C(=O)CN(c1cccc(Cl)c1Cl)S(=O)(=O)c1ccccc1. The Morgan fingerprint density at radius 2 is 1.65 bits per heavy atom. The fraction of sp³-hybridized carbons (Fsp3) is 0.310. The number of methoxy groups -OCH3 is 1. The zero-order valence-corrected chi connectivity index (χ0v) is 25.0. The summed E-state index contributed by atoms with van der Waals surface area (Å²) in [5.74, 6) is -0.291. The van der Waals surface area contributed by atoms with Gasteiger partial charge >= 0.3 is 0 Å². The monoisotopic (exact) mass is 605 g/mol. The molecule has 3 aromatic carbocycles. The highest BCUT2D eigenvalue weighted by Gasteiger charge is 2.33. The van der Waals surface area contributed by atoms with E-state index in [4.69, 9.17) is 27.9 Å². The summed E-state index contributed by atoms with van der Waals surface area (Å²) in [4.78, 5) is 28.3. The number of rotatable bonds is 13. The van der Waals surface area contributed by atoms with E-state index < -0.39 is 28.5 Å². The van der Waals surface area contributed by atoms with Gasteiger partial charge in [-0.25, -0.2) is 8.42 Å².